The zero-order valence-electron chi connectivity index (χ0n) is 22.1. The smallest absolute Gasteiger partial charge is 0.419 e. The summed E-state index contributed by atoms with van der Waals surface area (Å²) < 4.78 is 24.8. The Morgan fingerprint density at radius 3 is 2.22 bits per heavy atom. The standard InChI is InChI=1S/C27H32Br2N2O6/c1-16(25(32)36-7)30(14-17-12-22(34-5)23(35-6)13-19(17)28)15-21-24(29)18-10-8-9-11-20(18)31(21)26(33)37-27(2,3)4/h8-13,16H,14-15H2,1-7H3/t16-/m0/s1. The third-order valence-corrected chi connectivity index (χ3v) is 7.47. The molecule has 0 spiro atoms. The molecular formula is C27H32Br2N2O6. The molecule has 0 fully saturated rings. The minimum absolute atomic E-state index is 0.242. The maximum atomic E-state index is 13.4. The SMILES string of the molecule is COC(=O)[C@H](C)N(Cc1cc(OC)c(OC)cc1Br)Cc1c(Br)c2ccccc2n1C(=O)OC(C)(C)C. The average Bonchev–Trinajstić information content (AvgIpc) is 3.13. The van der Waals surface area contributed by atoms with Crippen LogP contribution >= 0.6 is 31.9 Å². The van der Waals surface area contributed by atoms with Crippen LogP contribution < -0.4 is 9.47 Å². The quantitative estimate of drug-likeness (QED) is 0.259. The minimum Gasteiger partial charge on any atom is -0.493 e. The molecule has 8 nitrogen and oxygen atoms in total. The maximum absolute atomic E-state index is 13.4. The first-order valence-corrected chi connectivity index (χ1v) is 13.2. The summed E-state index contributed by atoms with van der Waals surface area (Å²) in [4.78, 5) is 28.0. The normalized spacial score (nSPS) is 12.5. The number of fused-ring (bicyclic) bond motifs is 1. The van der Waals surface area contributed by atoms with Crippen molar-refractivity contribution in [2.45, 2.75) is 52.4 Å². The molecule has 0 bridgehead atoms. The van der Waals surface area contributed by atoms with E-state index in [2.05, 4.69) is 31.9 Å². The number of methoxy groups -OCH3 is 3. The highest BCUT2D eigenvalue weighted by molar-refractivity contribution is 9.11. The Hall–Kier alpha value is -2.56. The highest BCUT2D eigenvalue weighted by atomic mass is 79.9. The van der Waals surface area contributed by atoms with Crippen molar-refractivity contribution in [2.24, 2.45) is 0 Å². The molecule has 0 amide bonds. The topological polar surface area (TPSA) is 79.2 Å². The van der Waals surface area contributed by atoms with Gasteiger partial charge in [0.05, 0.1) is 32.5 Å². The van der Waals surface area contributed by atoms with Crippen LogP contribution in [0, 0.1) is 0 Å². The summed E-state index contributed by atoms with van der Waals surface area (Å²) in [7, 11) is 4.50. The van der Waals surface area contributed by atoms with E-state index < -0.39 is 23.7 Å². The van der Waals surface area contributed by atoms with Crippen molar-refractivity contribution in [3.63, 3.8) is 0 Å². The van der Waals surface area contributed by atoms with Crippen molar-refractivity contribution in [1.29, 1.82) is 0 Å². The highest BCUT2D eigenvalue weighted by Crippen LogP contribution is 2.36. The van der Waals surface area contributed by atoms with Crippen LogP contribution in [0.2, 0.25) is 0 Å². The van der Waals surface area contributed by atoms with Gasteiger partial charge in [0.25, 0.3) is 0 Å². The first kappa shape index (κ1) is 29.0. The molecule has 2 aromatic carbocycles. The van der Waals surface area contributed by atoms with Gasteiger partial charge in [-0.3, -0.25) is 9.69 Å². The molecule has 200 valence electrons. The maximum Gasteiger partial charge on any atom is 0.419 e. The lowest BCUT2D eigenvalue weighted by Crippen LogP contribution is -2.40. The van der Waals surface area contributed by atoms with Crippen LogP contribution in [0.5, 0.6) is 11.5 Å². The summed E-state index contributed by atoms with van der Waals surface area (Å²) in [6.07, 6.45) is -0.498. The Labute approximate surface area is 234 Å². The van der Waals surface area contributed by atoms with Gasteiger partial charge in [0.15, 0.2) is 11.5 Å². The Kier molecular flexibility index (Phi) is 9.31. The summed E-state index contributed by atoms with van der Waals surface area (Å²) in [5.74, 6) is 0.751. The second-order valence-electron chi connectivity index (χ2n) is 9.50. The molecule has 0 saturated heterocycles. The van der Waals surface area contributed by atoms with Crippen molar-refractivity contribution in [3.8, 4) is 11.5 Å². The molecule has 0 aliphatic carbocycles. The van der Waals surface area contributed by atoms with Crippen molar-refractivity contribution in [3.05, 3.63) is 56.6 Å². The van der Waals surface area contributed by atoms with Gasteiger partial charge >= 0.3 is 12.1 Å². The summed E-state index contributed by atoms with van der Waals surface area (Å²) in [5.41, 5.74) is 1.54. The first-order chi connectivity index (χ1) is 17.4. The van der Waals surface area contributed by atoms with E-state index in [1.54, 1.807) is 25.7 Å². The number of nitrogens with zero attached hydrogens (tertiary/aromatic N) is 2. The Morgan fingerprint density at radius 2 is 1.62 bits per heavy atom. The van der Waals surface area contributed by atoms with Crippen LogP contribution in [0.3, 0.4) is 0 Å². The Bertz CT molecular complexity index is 1300. The van der Waals surface area contributed by atoms with Crippen molar-refractivity contribution in [2.75, 3.05) is 21.3 Å². The monoisotopic (exact) mass is 638 g/mol. The lowest BCUT2D eigenvalue weighted by Gasteiger charge is -2.29. The van der Waals surface area contributed by atoms with Crippen LogP contribution in [0.25, 0.3) is 10.9 Å². The lowest BCUT2D eigenvalue weighted by molar-refractivity contribution is -0.146. The average molecular weight is 640 g/mol. The Balaban J connectivity index is 2.13. The number of hydrogen-bond acceptors (Lipinski definition) is 7. The first-order valence-electron chi connectivity index (χ1n) is 11.6. The number of carbonyl (C=O) groups excluding carboxylic acids is 2. The second-order valence-corrected chi connectivity index (χ2v) is 11.1. The summed E-state index contributed by atoms with van der Waals surface area (Å²) >= 11 is 7.32. The van der Waals surface area contributed by atoms with Gasteiger partial charge in [-0.25, -0.2) is 9.36 Å². The lowest BCUT2D eigenvalue weighted by atomic mass is 10.1. The van der Waals surface area contributed by atoms with Gasteiger partial charge in [0, 0.05) is 27.4 Å². The van der Waals surface area contributed by atoms with Gasteiger partial charge in [0.2, 0.25) is 0 Å². The number of para-hydroxylation sites is 1. The molecule has 0 aliphatic heterocycles. The minimum atomic E-state index is -0.685. The fourth-order valence-corrected chi connectivity index (χ4v) is 5.07. The van der Waals surface area contributed by atoms with Gasteiger partial charge in [-0.15, -0.1) is 0 Å². The third-order valence-electron chi connectivity index (χ3n) is 5.85. The number of halogens is 2. The molecule has 1 heterocycles. The van der Waals surface area contributed by atoms with Crippen LogP contribution in [0.4, 0.5) is 4.79 Å². The van der Waals surface area contributed by atoms with Crippen molar-refractivity contribution < 1.29 is 28.5 Å². The van der Waals surface area contributed by atoms with Crippen LogP contribution in [-0.4, -0.2) is 54.5 Å². The Morgan fingerprint density at radius 1 is 1.00 bits per heavy atom. The molecule has 0 N–H and O–H groups in total. The van der Waals surface area contributed by atoms with Gasteiger partial charge in [0.1, 0.15) is 11.6 Å². The third kappa shape index (κ3) is 6.48. The molecule has 0 saturated carbocycles. The van der Waals surface area contributed by atoms with E-state index in [0.29, 0.717) is 29.3 Å². The predicted octanol–water partition coefficient (Wildman–Crippen LogP) is 6.53. The van der Waals surface area contributed by atoms with E-state index in [-0.39, 0.29) is 6.54 Å². The second kappa shape index (κ2) is 11.9. The summed E-state index contributed by atoms with van der Waals surface area (Å²) in [5, 5.41) is 0.862. The summed E-state index contributed by atoms with van der Waals surface area (Å²) in [6, 6.07) is 10.6. The molecule has 10 heteroatoms. The number of esters is 1. The predicted molar refractivity (Wildman–Crippen MR) is 149 cm³/mol. The van der Waals surface area contributed by atoms with Crippen LogP contribution in [0.1, 0.15) is 39.0 Å². The largest absolute Gasteiger partial charge is 0.493 e. The molecular weight excluding hydrogens is 608 g/mol. The van der Waals surface area contributed by atoms with E-state index in [0.717, 1.165) is 19.9 Å². The van der Waals surface area contributed by atoms with Gasteiger partial charge in [-0.1, -0.05) is 34.1 Å². The molecule has 37 heavy (non-hydrogen) atoms. The number of carbonyl (C=O) groups is 2. The highest BCUT2D eigenvalue weighted by Gasteiger charge is 2.30. The van der Waals surface area contributed by atoms with Crippen LogP contribution in [0.15, 0.2) is 45.3 Å². The molecule has 0 radical (unpaired) electrons. The van der Waals surface area contributed by atoms with Gasteiger partial charge in [-0.05, 0) is 67.4 Å². The number of benzene rings is 2. The molecule has 0 unspecified atom stereocenters. The fraction of sp³-hybridized carbons (Fsp3) is 0.407. The number of rotatable bonds is 8. The zero-order valence-corrected chi connectivity index (χ0v) is 25.2. The molecule has 3 aromatic rings. The van der Waals surface area contributed by atoms with Gasteiger partial charge < -0.3 is 18.9 Å². The van der Waals surface area contributed by atoms with E-state index >= 15 is 0 Å². The molecule has 0 aliphatic rings. The summed E-state index contributed by atoms with van der Waals surface area (Å²) in [6.45, 7) is 7.84. The van der Waals surface area contributed by atoms with Crippen molar-refractivity contribution >= 4 is 54.8 Å². The molecule has 3 rings (SSSR count). The fourth-order valence-electron chi connectivity index (χ4n) is 3.99. The number of aromatic nitrogens is 1. The van der Waals surface area contributed by atoms with E-state index in [9.17, 15) is 9.59 Å². The van der Waals surface area contributed by atoms with E-state index in [4.69, 9.17) is 18.9 Å². The van der Waals surface area contributed by atoms with Crippen LogP contribution in [-0.2, 0) is 27.4 Å². The van der Waals surface area contributed by atoms with Gasteiger partial charge in [-0.2, -0.15) is 0 Å². The van der Waals surface area contributed by atoms with E-state index in [1.165, 1.54) is 7.11 Å². The van der Waals surface area contributed by atoms with Crippen molar-refractivity contribution in [1.82, 2.24) is 9.47 Å². The number of hydrogen-bond donors (Lipinski definition) is 0. The zero-order chi connectivity index (χ0) is 27.5. The molecule has 1 atom stereocenters. The number of ether oxygens (including phenoxy) is 4. The van der Waals surface area contributed by atoms with E-state index in [1.807, 2.05) is 62.1 Å². The molecule has 1 aromatic heterocycles.